The number of carbonyl (C=O) groups excluding carboxylic acids is 2. The Morgan fingerprint density at radius 3 is 2.38 bits per heavy atom. The van der Waals surface area contributed by atoms with Gasteiger partial charge in [0, 0.05) is 56.0 Å². The Labute approximate surface area is 272 Å². The molecule has 0 aliphatic carbocycles. The number of hydrogen-bond donors (Lipinski definition) is 2. The number of benzene rings is 2. The number of aliphatic hydroxyl groups is 1. The number of carbonyl (C=O) groups is 2. The number of alkyl halides is 3. The number of ether oxygens (including phenoxy) is 2. The van der Waals surface area contributed by atoms with E-state index < -0.39 is 30.3 Å². The molecule has 2 aliphatic rings. The molecule has 0 saturated carbocycles. The molecule has 0 radical (unpaired) electrons. The van der Waals surface area contributed by atoms with Crippen molar-refractivity contribution < 1.29 is 37.3 Å². The number of nitrogens with zero attached hydrogens (tertiary/aromatic N) is 3. The lowest BCUT2D eigenvalue weighted by Crippen LogP contribution is -2.50. The standard InChI is InChI=1S/C35H41F3N4O5/c1-23-30(21-41(2)19-16-28-6-3-4-17-39-28)46-33(47-31(23)26-12-10-25(22-43)11-13-26)27-14-8-24(9-15-27)20-40-32(44)29-7-5-18-42(29)34(45)35(36,37)38/h3-4,6,8-15,17,23,29-31,33,43H,5,7,16,18-22H2,1-2H3,(H,40,44)/t23-,29+,30+,31+,33+/m1/s1. The van der Waals surface area contributed by atoms with Crippen molar-refractivity contribution in [2.75, 3.05) is 26.7 Å². The molecule has 0 unspecified atom stereocenters. The number of aliphatic hydroxyl groups excluding tert-OH is 1. The lowest BCUT2D eigenvalue weighted by atomic mass is 9.90. The molecule has 3 heterocycles. The van der Waals surface area contributed by atoms with Crippen LogP contribution in [0.1, 0.15) is 60.1 Å². The number of halogens is 3. The Kier molecular flexibility index (Phi) is 11.3. The number of pyridine rings is 1. The fraction of sp³-hybridized carbons (Fsp3) is 0.457. The van der Waals surface area contributed by atoms with Crippen LogP contribution in [0.4, 0.5) is 13.2 Å². The molecule has 5 atom stereocenters. The maximum absolute atomic E-state index is 13.0. The minimum atomic E-state index is -5.02. The summed E-state index contributed by atoms with van der Waals surface area (Å²) in [5, 5.41) is 12.2. The van der Waals surface area contributed by atoms with Gasteiger partial charge in [-0.1, -0.05) is 61.5 Å². The van der Waals surface area contributed by atoms with Crippen molar-refractivity contribution in [1.29, 1.82) is 0 Å². The first-order valence-electron chi connectivity index (χ1n) is 15.9. The van der Waals surface area contributed by atoms with Gasteiger partial charge < -0.3 is 29.7 Å². The molecule has 12 heteroatoms. The first-order chi connectivity index (χ1) is 22.5. The molecular formula is C35H41F3N4O5. The van der Waals surface area contributed by atoms with Gasteiger partial charge in [0.15, 0.2) is 6.29 Å². The van der Waals surface area contributed by atoms with Gasteiger partial charge in [-0.25, -0.2) is 0 Å². The van der Waals surface area contributed by atoms with Gasteiger partial charge in [-0.15, -0.1) is 0 Å². The van der Waals surface area contributed by atoms with Crippen LogP contribution in [0.3, 0.4) is 0 Å². The average Bonchev–Trinajstić information content (AvgIpc) is 3.57. The summed E-state index contributed by atoms with van der Waals surface area (Å²) < 4.78 is 52.0. The van der Waals surface area contributed by atoms with Gasteiger partial charge in [0.2, 0.25) is 5.91 Å². The van der Waals surface area contributed by atoms with E-state index in [0.29, 0.717) is 17.9 Å². The summed E-state index contributed by atoms with van der Waals surface area (Å²) in [7, 11) is 2.06. The summed E-state index contributed by atoms with van der Waals surface area (Å²) in [5.74, 6) is -2.58. The number of nitrogens with one attached hydrogen (secondary N) is 1. The molecule has 0 bridgehead atoms. The van der Waals surface area contributed by atoms with Crippen molar-refractivity contribution in [2.45, 2.75) is 70.1 Å². The maximum Gasteiger partial charge on any atom is 0.471 e. The zero-order valence-corrected chi connectivity index (χ0v) is 26.5. The number of likely N-dealkylation sites (N-methyl/N-ethyl adjacent to an activating group) is 1. The van der Waals surface area contributed by atoms with Crippen molar-refractivity contribution >= 4 is 11.8 Å². The summed E-state index contributed by atoms with van der Waals surface area (Å²) in [6, 6.07) is 19.8. The molecule has 2 N–H and O–H groups in total. The first-order valence-corrected chi connectivity index (χ1v) is 15.9. The number of amides is 2. The monoisotopic (exact) mass is 654 g/mol. The van der Waals surface area contributed by atoms with E-state index in [-0.39, 0.29) is 44.2 Å². The largest absolute Gasteiger partial charge is 0.471 e. The highest BCUT2D eigenvalue weighted by molar-refractivity contribution is 5.90. The number of rotatable bonds is 11. The van der Waals surface area contributed by atoms with Gasteiger partial charge in [-0.2, -0.15) is 13.2 Å². The summed E-state index contributed by atoms with van der Waals surface area (Å²) in [4.78, 5) is 31.8. The van der Waals surface area contributed by atoms with Crippen molar-refractivity contribution in [3.8, 4) is 0 Å². The van der Waals surface area contributed by atoms with Crippen LogP contribution in [0, 0.1) is 5.92 Å². The van der Waals surface area contributed by atoms with Crippen LogP contribution < -0.4 is 5.32 Å². The molecular weight excluding hydrogens is 613 g/mol. The minimum Gasteiger partial charge on any atom is -0.392 e. The smallest absolute Gasteiger partial charge is 0.392 e. The molecule has 2 fully saturated rings. The minimum absolute atomic E-state index is 0.0115. The van der Waals surface area contributed by atoms with Crippen LogP contribution >= 0.6 is 0 Å². The molecule has 9 nitrogen and oxygen atoms in total. The van der Waals surface area contributed by atoms with Gasteiger partial charge in [0.05, 0.1) is 18.8 Å². The van der Waals surface area contributed by atoms with Crippen LogP contribution in [0.25, 0.3) is 0 Å². The Balaban J connectivity index is 1.25. The van der Waals surface area contributed by atoms with Crippen molar-refractivity contribution in [3.63, 3.8) is 0 Å². The third-order valence-electron chi connectivity index (χ3n) is 8.87. The van der Waals surface area contributed by atoms with E-state index in [2.05, 4.69) is 29.2 Å². The number of hydrogen-bond acceptors (Lipinski definition) is 7. The lowest BCUT2D eigenvalue weighted by Gasteiger charge is -2.42. The highest BCUT2D eigenvalue weighted by Gasteiger charge is 2.47. The van der Waals surface area contributed by atoms with Crippen molar-refractivity contribution in [3.05, 3.63) is 101 Å². The van der Waals surface area contributed by atoms with E-state index in [0.717, 1.165) is 40.9 Å². The van der Waals surface area contributed by atoms with Crippen LogP contribution in [0.15, 0.2) is 72.9 Å². The Morgan fingerprint density at radius 1 is 1.02 bits per heavy atom. The van der Waals surface area contributed by atoms with Gasteiger partial charge in [0.1, 0.15) is 6.04 Å². The molecule has 0 spiro atoms. The number of likely N-dealkylation sites (tertiary alicyclic amines) is 1. The normalized spacial score (nSPS) is 23.2. The highest BCUT2D eigenvalue weighted by atomic mass is 19.4. The topological polar surface area (TPSA) is 104 Å². The summed E-state index contributed by atoms with van der Waals surface area (Å²) in [6.45, 7) is 3.52. The molecule has 2 amide bonds. The molecule has 252 valence electrons. The zero-order chi connectivity index (χ0) is 33.6. The molecule has 5 rings (SSSR count). The third-order valence-corrected chi connectivity index (χ3v) is 8.87. The second-order valence-electron chi connectivity index (χ2n) is 12.3. The van der Waals surface area contributed by atoms with Gasteiger partial charge in [-0.3, -0.25) is 14.6 Å². The van der Waals surface area contributed by atoms with Crippen molar-refractivity contribution in [1.82, 2.24) is 20.1 Å². The molecule has 2 aromatic carbocycles. The maximum atomic E-state index is 13.0. The van der Waals surface area contributed by atoms with Gasteiger partial charge in [0.25, 0.3) is 0 Å². The summed E-state index contributed by atoms with van der Waals surface area (Å²) >= 11 is 0. The second kappa shape index (κ2) is 15.4. The second-order valence-corrected chi connectivity index (χ2v) is 12.3. The SMILES string of the molecule is C[C@@H]1[C@H](CN(C)CCc2ccccn2)O[C@H](c2ccc(CNC(=O)[C@@H]3CCCN3C(=O)C(F)(F)F)cc2)O[C@@H]1c1ccc(CO)cc1. The van der Waals surface area contributed by atoms with Gasteiger partial charge >= 0.3 is 12.1 Å². The predicted molar refractivity (Wildman–Crippen MR) is 167 cm³/mol. The Morgan fingerprint density at radius 2 is 1.72 bits per heavy atom. The quantitative estimate of drug-likeness (QED) is 0.309. The highest BCUT2D eigenvalue weighted by Crippen LogP contribution is 2.42. The molecule has 2 saturated heterocycles. The van der Waals surface area contributed by atoms with E-state index in [1.165, 1.54) is 0 Å². The predicted octanol–water partition coefficient (Wildman–Crippen LogP) is 4.71. The van der Waals surface area contributed by atoms with Crippen LogP contribution in [0.5, 0.6) is 0 Å². The summed E-state index contributed by atoms with van der Waals surface area (Å²) in [5.41, 5.74) is 4.33. The Bertz CT molecular complexity index is 1470. The average molecular weight is 655 g/mol. The fourth-order valence-corrected chi connectivity index (χ4v) is 6.12. The van der Waals surface area contributed by atoms with E-state index in [9.17, 15) is 27.9 Å². The van der Waals surface area contributed by atoms with E-state index in [1.54, 1.807) is 6.20 Å². The van der Waals surface area contributed by atoms with E-state index >= 15 is 0 Å². The third kappa shape index (κ3) is 8.75. The van der Waals surface area contributed by atoms with Crippen LogP contribution in [-0.4, -0.2) is 76.7 Å². The first kappa shape index (κ1) is 34.5. The summed E-state index contributed by atoms with van der Waals surface area (Å²) in [6.07, 6.45) is -3.02. The zero-order valence-electron chi connectivity index (χ0n) is 26.5. The fourth-order valence-electron chi connectivity index (χ4n) is 6.12. The Hall–Kier alpha value is -3.84. The molecule has 47 heavy (non-hydrogen) atoms. The molecule has 2 aliphatic heterocycles. The molecule has 3 aromatic rings. The van der Waals surface area contributed by atoms with Crippen LogP contribution in [-0.2, 0) is 38.6 Å². The van der Waals surface area contributed by atoms with E-state index in [1.807, 2.05) is 66.7 Å². The number of aromatic nitrogens is 1. The van der Waals surface area contributed by atoms with Crippen molar-refractivity contribution in [2.24, 2.45) is 5.92 Å². The lowest BCUT2D eigenvalue weighted by molar-refractivity contribution is -0.275. The van der Waals surface area contributed by atoms with Crippen LogP contribution in [0.2, 0.25) is 0 Å². The van der Waals surface area contributed by atoms with Gasteiger partial charge in [-0.05, 0) is 48.7 Å². The van der Waals surface area contributed by atoms with E-state index in [4.69, 9.17) is 9.47 Å². The molecule has 1 aromatic heterocycles.